The smallest absolute Gasteiger partial charge is 0.417 e. The van der Waals surface area contributed by atoms with Crippen LogP contribution < -0.4 is 9.64 Å². The lowest BCUT2D eigenvalue weighted by Gasteiger charge is -2.31. The van der Waals surface area contributed by atoms with Crippen molar-refractivity contribution in [2.75, 3.05) is 44.3 Å². The van der Waals surface area contributed by atoms with Crippen molar-refractivity contribution in [3.63, 3.8) is 0 Å². The minimum absolute atomic E-state index is 0.0245. The number of hydrogen-bond acceptors (Lipinski definition) is 7. The normalized spacial score (nSPS) is 28.4. The number of anilines is 1. The van der Waals surface area contributed by atoms with E-state index in [-0.39, 0.29) is 66.1 Å². The number of alkyl halides is 5. The van der Waals surface area contributed by atoms with E-state index in [4.69, 9.17) is 18.6 Å². The van der Waals surface area contributed by atoms with E-state index in [0.717, 1.165) is 6.07 Å². The Balaban J connectivity index is 1.32. The number of pyridine rings is 1. The Labute approximate surface area is 268 Å². The molecule has 244 valence electrons. The van der Waals surface area contributed by atoms with Gasteiger partial charge < -0.3 is 14.4 Å². The molecule has 0 N–H and O–H groups in total. The summed E-state index contributed by atoms with van der Waals surface area (Å²) < 4.78 is 118. The Bertz CT molecular complexity index is 2040. The van der Waals surface area contributed by atoms with E-state index in [0.29, 0.717) is 24.8 Å². The van der Waals surface area contributed by atoms with Gasteiger partial charge in [-0.15, -0.1) is 6.42 Å². The maximum absolute atomic E-state index is 16.9. The highest BCUT2D eigenvalue weighted by Crippen LogP contribution is 2.46. The molecule has 1 saturated carbocycles. The molecule has 7 nitrogen and oxygen atoms in total. The molecule has 1 aliphatic carbocycles. The van der Waals surface area contributed by atoms with Gasteiger partial charge in [-0.1, -0.05) is 30.2 Å². The van der Waals surface area contributed by atoms with Gasteiger partial charge in [0.05, 0.1) is 38.5 Å². The SMILES string of the molecule is [2H]C([2H])(Oc1nc(N2CCOC[C@H]3[C@H](F)[C@H]32)c2cnc(-c3cccc4ccc(C(F)(F)F)c(C#C)c34)c(F)c2n1)[C@@]12CCCN1C[C@H](F)C2. The van der Waals surface area contributed by atoms with Gasteiger partial charge in [-0.2, -0.15) is 23.1 Å². The summed E-state index contributed by atoms with van der Waals surface area (Å²) in [6, 6.07) is 5.37. The zero-order valence-corrected chi connectivity index (χ0v) is 24.8. The number of ether oxygens (including phenoxy) is 2. The molecular weight excluding hydrogens is 624 g/mol. The van der Waals surface area contributed by atoms with Gasteiger partial charge >= 0.3 is 12.2 Å². The maximum Gasteiger partial charge on any atom is 0.417 e. The number of fused-ring (bicyclic) bond motifs is 4. The van der Waals surface area contributed by atoms with Crippen LogP contribution in [0.4, 0.5) is 32.2 Å². The van der Waals surface area contributed by atoms with Crippen molar-refractivity contribution in [1.29, 1.82) is 0 Å². The first-order valence-electron chi connectivity index (χ1n) is 16.4. The highest BCUT2D eigenvalue weighted by Gasteiger charge is 2.56. The van der Waals surface area contributed by atoms with Crippen LogP contribution in [0.2, 0.25) is 0 Å². The quantitative estimate of drug-likeness (QED) is 0.190. The lowest BCUT2D eigenvalue weighted by atomic mass is 9.93. The first-order chi connectivity index (χ1) is 23.3. The Kier molecular flexibility index (Phi) is 6.51. The summed E-state index contributed by atoms with van der Waals surface area (Å²) in [7, 11) is 0. The van der Waals surface area contributed by atoms with E-state index in [9.17, 15) is 22.0 Å². The van der Waals surface area contributed by atoms with E-state index in [1.807, 2.05) is 0 Å². The number of aromatic nitrogens is 3. The molecule has 5 heterocycles. The first kappa shape index (κ1) is 27.9. The minimum atomic E-state index is -4.78. The molecule has 47 heavy (non-hydrogen) atoms. The van der Waals surface area contributed by atoms with Crippen LogP contribution in [0.1, 0.15) is 33.1 Å². The standard InChI is InChI=1S/C34H29F6N5O2/c1-2-20-24(34(38,39)40)8-7-18-5-3-6-21(25(18)20)28-27(37)29-22(14-41-28)31(45-11-12-46-16-23-26(36)30(23)45)43-32(42-29)47-17-33-9-4-10-44(33)15-19(35)13-33/h1,3,5-8,14,19,23,26,30H,4,9-13,15-17H2/t19-,23+,26+,30+,33+/m1/s1/i17D2. The van der Waals surface area contributed by atoms with Crippen molar-refractivity contribution < 1.29 is 38.6 Å². The van der Waals surface area contributed by atoms with E-state index < -0.39 is 65.5 Å². The highest BCUT2D eigenvalue weighted by molar-refractivity contribution is 6.02. The third kappa shape index (κ3) is 4.87. The largest absolute Gasteiger partial charge is 0.461 e. The molecule has 3 saturated heterocycles. The van der Waals surface area contributed by atoms with Crippen molar-refractivity contribution in [2.45, 2.75) is 49.4 Å². The van der Waals surface area contributed by atoms with Crippen molar-refractivity contribution in [1.82, 2.24) is 19.9 Å². The van der Waals surface area contributed by atoms with Crippen LogP contribution in [0.3, 0.4) is 0 Å². The van der Waals surface area contributed by atoms with Gasteiger partial charge in [-0.3, -0.25) is 9.88 Å². The number of benzene rings is 2. The van der Waals surface area contributed by atoms with E-state index in [1.165, 1.54) is 24.4 Å². The summed E-state index contributed by atoms with van der Waals surface area (Å²) in [4.78, 5) is 16.4. The molecule has 0 unspecified atom stereocenters. The van der Waals surface area contributed by atoms with E-state index >= 15 is 4.39 Å². The number of nitrogens with zero attached hydrogens (tertiary/aromatic N) is 5. The molecule has 2 aromatic carbocycles. The summed E-state index contributed by atoms with van der Waals surface area (Å²) in [6.45, 7) is -1.44. The van der Waals surface area contributed by atoms with Crippen molar-refractivity contribution in [2.24, 2.45) is 5.92 Å². The maximum atomic E-state index is 16.9. The summed E-state index contributed by atoms with van der Waals surface area (Å²) in [6.07, 6.45) is 0.366. The van der Waals surface area contributed by atoms with Gasteiger partial charge in [-0.25, -0.2) is 13.2 Å². The molecular formula is C34H29F6N5O2. The van der Waals surface area contributed by atoms with Gasteiger partial charge in [0.15, 0.2) is 5.82 Å². The highest BCUT2D eigenvalue weighted by atomic mass is 19.4. The number of hydrogen-bond donors (Lipinski definition) is 0. The molecule has 4 aromatic rings. The van der Waals surface area contributed by atoms with Crippen LogP contribution in [0.5, 0.6) is 6.01 Å². The van der Waals surface area contributed by atoms with Gasteiger partial charge in [0.2, 0.25) is 0 Å². The summed E-state index contributed by atoms with van der Waals surface area (Å²) in [5.74, 6) is 0.636. The molecule has 0 bridgehead atoms. The molecule has 4 fully saturated rings. The fourth-order valence-corrected chi connectivity index (χ4v) is 7.52. The van der Waals surface area contributed by atoms with Crippen LogP contribution in [-0.2, 0) is 10.9 Å². The Morgan fingerprint density at radius 2 is 2.02 bits per heavy atom. The summed E-state index contributed by atoms with van der Waals surface area (Å²) >= 11 is 0. The molecule has 3 aliphatic heterocycles. The van der Waals surface area contributed by atoms with Crippen LogP contribution >= 0.6 is 0 Å². The number of rotatable bonds is 5. The second-order valence-electron chi connectivity index (χ2n) is 12.5. The van der Waals surface area contributed by atoms with Gasteiger partial charge in [0.25, 0.3) is 0 Å². The van der Waals surface area contributed by atoms with Crippen LogP contribution in [0, 0.1) is 24.1 Å². The minimum Gasteiger partial charge on any atom is -0.461 e. The van der Waals surface area contributed by atoms with Crippen LogP contribution in [-0.4, -0.2) is 83.2 Å². The second kappa shape index (κ2) is 11.0. The predicted molar refractivity (Wildman–Crippen MR) is 162 cm³/mol. The fraction of sp³-hybridized carbons (Fsp3) is 0.441. The van der Waals surface area contributed by atoms with Crippen molar-refractivity contribution >= 4 is 27.5 Å². The molecule has 5 atom stereocenters. The fourth-order valence-electron chi connectivity index (χ4n) is 7.52. The Morgan fingerprint density at radius 1 is 1.17 bits per heavy atom. The molecule has 0 amide bonds. The number of terminal acetylenes is 1. The Hall–Kier alpha value is -4.15. The van der Waals surface area contributed by atoms with Crippen LogP contribution in [0.15, 0.2) is 36.5 Å². The number of halogens is 6. The third-order valence-corrected chi connectivity index (χ3v) is 9.78. The average Bonchev–Trinajstić information content (AvgIpc) is 3.41. The van der Waals surface area contributed by atoms with E-state index in [1.54, 1.807) is 15.9 Å². The predicted octanol–water partition coefficient (Wildman–Crippen LogP) is 6.11. The van der Waals surface area contributed by atoms with Crippen molar-refractivity contribution in [3.8, 4) is 29.6 Å². The Morgan fingerprint density at radius 3 is 2.83 bits per heavy atom. The second-order valence-corrected chi connectivity index (χ2v) is 12.5. The molecule has 4 aliphatic rings. The zero-order valence-electron chi connectivity index (χ0n) is 26.8. The summed E-state index contributed by atoms with van der Waals surface area (Å²) in [5.41, 5.74) is -3.62. The first-order valence-corrected chi connectivity index (χ1v) is 15.4. The third-order valence-electron chi connectivity index (χ3n) is 9.78. The molecule has 2 aromatic heterocycles. The van der Waals surface area contributed by atoms with Crippen LogP contribution in [0.25, 0.3) is 32.9 Å². The lowest BCUT2D eigenvalue weighted by molar-refractivity contribution is -0.137. The van der Waals surface area contributed by atoms with Gasteiger partial charge in [-0.05, 0) is 30.8 Å². The average molecular weight is 656 g/mol. The monoisotopic (exact) mass is 655 g/mol. The topological polar surface area (TPSA) is 63.6 Å². The molecule has 8 rings (SSSR count). The van der Waals surface area contributed by atoms with Gasteiger partial charge in [0, 0.05) is 48.1 Å². The molecule has 0 spiro atoms. The van der Waals surface area contributed by atoms with E-state index in [2.05, 4.69) is 20.9 Å². The zero-order chi connectivity index (χ0) is 34.5. The van der Waals surface area contributed by atoms with Gasteiger partial charge in [0.1, 0.15) is 35.9 Å². The molecule has 13 heteroatoms. The molecule has 0 radical (unpaired) electrons. The summed E-state index contributed by atoms with van der Waals surface area (Å²) in [5, 5.41) is 0.329. The van der Waals surface area contributed by atoms with Crippen molar-refractivity contribution in [3.05, 3.63) is 53.5 Å². The lowest BCUT2D eigenvalue weighted by Crippen LogP contribution is -2.43.